The fourth-order valence-corrected chi connectivity index (χ4v) is 2.46. The van der Waals surface area contributed by atoms with E-state index in [2.05, 4.69) is 9.97 Å². The lowest BCUT2D eigenvalue weighted by molar-refractivity contribution is -0.489. The van der Waals surface area contributed by atoms with E-state index in [0.29, 0.717) is 11.3 Å². The molecule has 96 valence electrons. The molecule has 6 heteroatoms. The molecule has 4 rings (SSSR count). The fourth-order valence-electron chi connectivity index (χ4n) is 2.46. The molecule has 4 aromatic rings. The van der Waals surface area contributed by atoms with E-state index in [1.165, 1.54) is 6.07 Å². The largest absolute Gasteiger partial charge is 0.365 e. The summed E-state index contributed by atoms with van der Waals surface area (Å²) in [6, 6.07) is 12.9. The second kappa shape index (κ2) is 3.74. The molecule has 1 aromatic carbocycles. The zero-order chi connectivity index (χ0) is 13.7. The molecule has 0 unspecified atom stereocenters. The summed E-state index contributed by atoms with van der Waals surface area (Å²) >= 11 is 0. The third-order valence-corrected chi connectivity index (χ3v) is 3.37. The Morgan fingerprint density at radius 1 is 1.20 bits per heavy atom. The molecule has 20 heavy (non-hydrogen) atoms. The minimum atomic E-state index is -0.398. The molecule has 0 radical (unpaired) electrons. The summed E-state index contributed by atoms with van der Waals surface area (Å²) in [4.78, 5) is 18.2. The van der Waals surface area contributed by atoms with Gasteiger partial charge in [-0.3, -0.25) is 10.1 Å². The number of nitro groups is 1. The van der Waals surface area contributed by atoms with Crippen LogP contribution in [0, 0.1) is 10.1 Å². The molecule has 0 aliphatic heterocycles. The number of benzene rings is 1. The third-order valence-electron chi connectivity index (χ3n) is 3.37. The minimum Gasteiger partial charge on any atom is -0.258 e. The Morgan fingerprint density at radius 3 is 2.90 bits per heavy atom. The number of aromatic nitrogens is 3. The van der Waals surface area contributed by atoms with Gasteiger partial charge < -0.3 is 0 Å². The Morgan fingerprint density at radius 2 is 2.05 bits per heavy atom. The molecule has 1 N–H and O–H groups in total. The number of hydrogen-bond acceptors (Lipinski definition) is 3. The predicted molar refractivity (Wildman–Crippen MR) is 73.4 cm³/mol. The number of fused-ring (bicyclic) bond motifs is 4. The first-order valence-electron chi connectivity index (χ1n) is 6.10. The van der Waals surface area contributed by atoms with Crippen LogP contribution >= 0.6 is 0 Å². The van der Waals surface area contributed by atoms with Gasteiger partial charge in [-0.25, -0.2) is 9.97 Å². The Balaban J connectivity index is 2.21. The van der Waals surface area contributed by atoms with Crippen LogP contribution in [0.5, 0.6) is 0 Å². The molecule has 0 saturated carbocycles. The first kappa shape index (κ1) is 10.9. The minimum absolute atomic E-state index is 0.0366. The second-order valence-corrected chi connectivity index (χ2v) is 4.54. The number of H-pyrrole nitrogens is 1. The highest BCUT2D eigenvalue weighted by Gasteiger charge is 2.23. The van der Waals surface area contributed by atoms with E-state index < -0.39 is 4.92 Å². The summed E-state index contributed by atoms with van der Waals surface area (Å²) in [6.07, 6.45) is 1.79. The van der Waals surface area contributed by atoms with Crippen LogP contribution in [0.25, 0.3) is 27.7 Å². The van der Waals surface area contributed by atoms with Gasteiger partial charge in [0.05, 0.1) is 16.6 Å². The lowest BCUT2D eigenvalue weighted by Crippen LogP contribution is -2.19. The normalized spacial score (nSPS) is 11.4. The Hall–Kier alpha value is -3.02. The standard InChI is InChI=1S/C14H8N4O2/c19-18(20)11-6-3-7-17-12-8-9-4-1-2-5-10(9)15-13(12)16-14(11)17/h1-8H/p+1. The number of rotatable bonds is 1. The Bertz CT molecular complexity index is 990. The Kier molecular flexibility index (Phi) is 2.03. The van der Waals surface area contributed by atoms with E-state index in [-0.39, 0.29) is 5.69 Å². The van der Waals surface area contributed by atoms with Gasteiger partial charge in [0.15, 0.2) is 5.52 Å². The van der Waals surface area contributed by atoms with Crippen LogP contribution in [0.15, 0.2) is 48.7 Å². The smallest absolute Gasteiger partial charge is 0.258 e. The maximum atomic E-state index is 11.1. The molecule has 0 saturated heterocycles. The van der Waals surface area contributed by atoms with Gasteiger partial charge in [-0.2, -0.15) is 4.40 Å². The van der Waals surface area contributed by atoms with Gasteiger partial charge in [-0.05, 0) is 12.1 Å². The highest BCUT2D eigenvalue weighted by molar-refractivity contribution is 5.89. The van der Waals surface area contributed by atoms with E-state index in [9.17, 15) is 10.1 Å². The number of para-hydroxylation sites is 1. The molecule has 0 amide bonds. The summed E-state index contributed by atoms with van der Waals surface area (Å²) in [5.74, 6) is 0. The van der Waals surface area contributed by atoms with Crippen LogP contribution < -0.4 is 4.40 Å². The number of aromatic amines is 1. The van der Waals surface area contributed by atoms with Crippen molar-refractivity contribution < 1.29 is 9.32 Å². The van der Waals surface area contributed by atoms with E-state index in [4.69, 9.17) is 0 Å². The van der Waals surface area contributed by atoms with Crippen LogP contribution in [-0.2, 0) is 0 Å². The highest BCUT2D eigenvalue weighted by Crippen LogP contribution is 2.21. The molecule has 0 aliphatic rings. The first-order chi connectivity index (χ1) is 9.74. The van der Waals surface area contributed by atoms with Crippen molar-refractivity contribution in [3.63, 3.8) is 0 Å². The van der Waals surface area contributed by atoms with E-state index in [1.807, 2.05) is 30.3 Å². The van der Waals surface area contributed by atoms with Crippen molar-refractivity contribution in [1.29, 1.82) is 0 Å². The molecule has 3 heterocycles. The average Bonchev–Trinajstić information content (AvgIpc) is 2.82. The number of hydrogen-bond donors (Lipinski definition) is 1. The van der Waals surface area contributed by atoms with Gasteiger partial charge >= 0.3 is 11.3 Å². The van der Waals surface area contributed by atoms with Gasteiger partial charge in [0, 0.05) is 17.5 Å². The van der Waals surface area contributed by atoms with Gasteiger partial charge in [-0.1, -0.05) is 18.2 Å². The van der Waals surface area contributed by atoms with Crippen molar-refractivity contribution in [2.24, 2.45) is 0 Å². The van der Waals surface area contributed by atoms with Crippen molar-refractivity contribution in [3.05, 3.63) is 58.8 Å². The van der Waals surface area contributed by atoms with E-state index in [1.54, 1.807) is 16.7 Å². The quantitative estimate of drug-likeness (QED) is 0.326. The van der Waals surface area contributed by atoms with E-state index in [0.717, 1.165) is 16.4 Å². The van der Waals surface area contributed by atoms with Crippen LogP contribution in [0.3, 0.4) is 0 Å². The van der Waals surface area contributed by atoms with Crippen LogP contribution in [0.2, 0.25) is 0 Å². The van der Waals surface area contributed by atoms with Gasteiger partial charge in [0.25, 0.3) is 5.65 Å². The van der Waals surface area contributed by atoms with Crippen LogP contribution in [-0.4, -0.2) is 14.9 Å². The van der Waals surface area contributed by atoms with Crippen molar-refractivity contribution >= 4 is 33.4 Å². The number of imidazole rings is 1. The lowest BCUT2D eigenvalue weighted by atomic mass is 10.2. The highest BCUT2D eigenvalue weighted by atomic mass is 16.6. The average molecular weight is 265 g/mol. The maximum Gasteiger partial charge on any atom is 0.365 e. The molecular formula is C14H9N4O2+. The number of nitrogens with one attached hydrogen (secondary N) is 1. The third kappa shape index (κ3) is 1.38. The lowest BCUT2D eigenvalue weighted by Gasteiger charge is -1.93. The van der Waals surface area contributed by atoms with Gasteiger partial charge in [-0.15, -0.1) is 0 Å². The topological polar surface area (TPSA) is 75.9 Å². The molecule has 0 spiro atoms. The molecule has 0 fully saturated rings. The van der Waals surface area contributed by atoms with E-state index >= 15 is 0 Å². The summed E-state index contributed by atoms with van der Waals surface area (Å²) in [5, 5.41) is 12.1. The molecule has 0 aliphatic carbocycles. The zero-order valence-electron chi connectivity index (χ0n) is 10.3. The summed E-state index contributed by atoms with van der Waals surface area (Å²) < 4.78 is 1.76. The number of nitrogens with zero attached hydrogens (tertiary/aromatic N) is 3. The molecule has 0 atom stereocenters. The number of pyridine rings is 2. The van der Waals surface area contributed by atoms with Gasteiger partial charge in [0.1, 0.15) is 0 Å². The monoisotopic (exact) mass is 265 g/mol. The van der Waals surface area contributed by atoms with Crippen molar-refractivity contribution in [2.45, 2.75) is 0 Å². The molecule has 0 bridgehead atoms. The SMILES string of the molecule is O=[N+]([O-])c1ccc[n+]2c1[nH]c1nc3ccccc3cc12. The Labute approximate surface area is 112 Å². The van der Waals surface area contributed by atoms with Crippen molar-refractivity contribution in [2.75, 3.05) is 0 Å². The first-order valence-corrected chi connectivity index (χ1v) is 6.10. The second-order valence-electron chi connectivity index (χ2n) is 4.54. The van der Waals surface area contributed by atoms with Crippen molar-refractivity contribution in [1.82, 2.24) is 9.97 Å². The van der Waals surface area contributed by atoms with Crippen molar-refractivity contribution in [3.8, 4) is 0 Å². The van der Waals surface area contributed by atoms with Crippen LogP contribution in [0.4, 0.5) is 5.69 Å². The summed E-state index contributed by atoms with van der Waals surface area (Å²) in [5.41, 5.74) is 2.79. The summed E-state index contributed by atoms with van der Waals surface area (Å²) in [6.45, 7) is 0. The predicted octanol–water partition coefficient (Wildman–Crippen LogP) is 2.36. The maximum absolute atomic E-state index is 11.1. The summed E-state index contributed by atoms with van der Waals surface area (Å²) in [7, 11) is 0. The fraction of sp³-hybridized carbons (Fsp3) is 0. The zero-order valence-corrected chi connectivity index (χ0v) is 10.3. The molecular weight excluding hydrogens is 256 g/mol. The molecule has 3 aromatic heterocycles. The van der Waals surface area contributed by atoms with Crippen LogP contribution in [0.1, 0.15) is 0 Å². The van der Waals surface area contributed by atoms with Gasteiger partial charge in [0.2, 0.25) is 0 Å². The molecule has 6 nitrogen and oxygen atoms in total.